The molecule has 1 unspecified atom stereocenters. The Morgan fingerprint density at radius 3 is 2.39 bits per heavy atom. The Kier molecular flexibility index (Phi) is 3.53. The van der Waals surface area contributed by atoms with Gasteiger partial charge in [-0.2, -0.15) is 0 Å². The first kappa shape index (κ1) is 14.6. The average molecular weight is 309 g/mol. The van der Waals surface area contributed by atoms with E-state index >= 15 is 0 Å². The van der Waals surface area contributed by atoms with Crippen LogP contribution in [0.15, 0.2) is 42.5 Å². The fourth-order valence-electron chi connectivity index (χ4n) is 3.79. The predicted molar refractivity (Wildman–Crippen MR) is 91.3 cm³/mol. The van der Waals surface area contributed by atoms with E-state index in [0.29, 0.717) is 11.5 Å². The first-order chi connectivity index (χ1) is 11.3. The van der Waals surface area contributed by atoms with Gasteiger partial charge in [-0.3, -0.25) is 0 Å². The van der Waals surface area contributed by atoms with Gasteiger partial charge in [-0.1, -0.05) is 30.3 Å². The number of benzene rings is 2. The van der Waals surface area contributed by atoms with Gasteiger partial charge in [0.05, 0.1) is 14.2 Å². The van der Waals surface area contributed by atoms with Crippen LogP contribution in [0.4, 0.5) is 0 Å². The Bertz CT molecular complexity index is 707. The molecule has 2 aliphatic rings. The van der Waals surface area contributed by atoms with Crippen LogP contribution in [-0.2, 0) is 11.8 Å². The van der Waals surface area contributed by atoms with E-state index in [1.54, 1.807) is 14.2 Å². The van der Waals surface area contributed by atoms with E-state index in [2.05, 4.69) is 47.8 Å². The molecule has 0 aromatic heterocycles. The molecule has 120 valence electrons. The Balaban J connectivity index is 1.75. The Morgan fingerprint density at radius 2 is 1.74 bits per heavy atom. The third-order valence-corrected chi connectivity index (χ3v) is 5.33. The lowest BCUT2D eigenvalue weighted by atomic mass is 9.82. The predicted octanol–water partition coefficient (Wildman–Crippen LogP) is 3.62. The van der Waals surface area contributed by atoms with Gasteiger partial charge in [0.25, 0.3) is 0 Å². The highest BCUT2D eigenvalue weighted by molar-refractivity contribution is 5.54. The second-order valence-corrected chi connectivity index (χ2v) is 6.70. The third-order valence-electron chi connectivity index (χ3n) is 5.33. The number of fused-ring (bicyclic) bond motifs is 2. The van der Waals surface area contributed by atoms with Gasteiger partial charge < -0.3 is 14.8 Å². The summed E-state index contributed by atoms with van der Waals surface area (Å²) in [5, 5.41) is 3.77. The highest BCUT2D eigenvalue weighted by Crippen LogP contribution is 2.54. The molecule has 1 heterocycles. The molecule has 2 aromatic carbocycles. The summed E-state index contributed by atoms with van der Waals surface area (Å²) in [6, 6.07) is 15.4. The zero-order valence-corrected chi connectivity index (χ0v) is 13.8. The van der Waals surface area contributed by atoms with Gasteiger partial charge in [0, 0.05) is 18.0 Å². The molecule has 1 aliphatic heterocycles. The quantitative estimate of drug-likeness (QED) is 0.935. The second-order valence-electron chi connectivity index (χ2n) is 6.70. The normalized spacial score (nSPS) is 20.9. The molecule has 3 heteroatoms. The minimum atomic E-state index is 0.322. The van der Waals surface area contributed by atoms with Crippen LogP contribution in [0.5, 0.6) is 11.5 Å². The van der Waals surface area contributed by atoms with Crippen molar-refractivity contribution in [1.29, 1.82) is 0 Å². The van der Waals surface area contributed by atoms with Crippen LogP contribution in [0.2, 0.25) is 0 Å². The lowest BCUT2D eigenvalue weighted by Gasteiger charge is -2.34. The molecule has 0 bridgehead atoms. The highest BCUT2D eigenvalue weighted by atomic mass is 16.5. The first-order valence-electron chi connectivity index (χ1n) is 8.29. The first-order valence-corrected chi connectivity index (χ1v) is 8.29. The highest BCUT2D eigenvalue weighted by Gasteiger charge is 2.49. The summed E-state index contributed by atoms with van der Waals surface area (Å²) in [7, 11) is 3.42. The standard InChI is InChI=1S/C20H23NO2/c1-22-18-11-15-16(12-19(18)23-2)20(8-9-20)13-21-17(15)10-14-6-4-3-5-7-14/h3-7,11-12,17,21H,8-10,13H2,1-2H3. The molecule has 2 aromatic rings. The van der Waals surface area contributed by atoms with E-state index in [9.17, 15) is 0 Å². The number of rotatable bonds is 4. The molecule has 1 atom stereocenters. The summed E-state index contributed by atoms with van der Waals surface area (Å²) in [6.07, 6.45) is 3.53. The third kappa shape index (κ3) is 2.49. The Labute approximate surface area is 137 Å². The smallest absolute Gasteiger partial charge is 0.161 e. The molecule has 0 amide bonds. The summed E-state index contributed by atoms with van der Waals surface area (Å²) >= 11 is 0. The van der Waals surface area contributed by atoms with Crippen molar-refractivity contribution in [2.45, 2.75) is 30.7 Å². The minimum Gasteiger partial charge on any atom is -0.493 e. The van der Waals surface area contributed by atoms with Crippen molar-refractivity contribution in [3.63, 3.8) is 0 Å². The van der Waals surface area contributed by atoms with Crippen LogP contribution in [0, 0.1) is 0 Å². The SMILES string of the molecule is COc1cc2c(cc1OC)C1(CC1)CNC2Cc1ccccc1. The van der Waals surface area contributed by atoms with Crippen molar-refractivity contribution in [2.24, 2.45) is 0 Å². The van der Waals surface area contributed by atoms with E-state index in [0.717, 1.165) is 24.5 Å². The van der Waals surface area contributed by atoms with E-state index in [1.165, 1.54) is 29.5 Å². The number of hydrogen-bond acceptors (Lipinski definition) is 3. The lowest BCUT2D eigenvalue weighted by Crippen LogP contribution is -2.38. The topological polar surface area (TPSA) is 30.5 Å². The molecule has 0 radical (unpaired) electrons. The molecule has 1 spiro atoms. The second kappa shape index (κ2) is 5.57. The van der Waals surface area contributed by atoms with E-state index < -0.39 is 0 Å². The summed E-state index contributed by atoms with van der Waals surface area (Å²) in [5.74, 6) is 1.67. The fourth-order valence-corrected chi connectivity index (χ4v) is 3.79. The minimum absolute atomic E-state index is 0.322. The number of ether oxygens (including phenoxy) is 2. The summed E-state index contributed by atoms with van der Waals surface area (Å²) in [6.45, 7) is 1.06. The van der Waals surface area contributed by atoms with Crippen LogP contribution in [0.1, 0.15) is 35.6 Å². The van der Waals surface area contributed by atoms with Crippen molar-refractivity contribution < 1.29 is 9.47 Å². The summed E-state index contributed by atoms with van der Waals surface area (Å²) in [5.41, 5.74) is 4.50. The average Bonchev–Trinajstić information content (AvgIpc) is 3.38. The molecule has 4 rings (SSSR count). The van der Waals surface area contributed by atoms with Gasteiger partial charge in [-0.25, -0.2) is 0 Å². The number of hydrogen-bond donors (Lipinski definition) is 1. The van der Waals surface area contributed by atoms with Gasteiger partial charge in [0.15, 0.2) is 11.5 Å². The van der Waals surface area contributed by atoms with Crippen LogP contribution < -0.4 is 14.8 Å². The molecule has 1 N–H and O–H groups in total. The Hall–Kier alpha value is -2.00. The maximum atomic E-state index is 5.54. The van der Waals surface area contributed by atoms with Crippen LogP contribution in [0.25, 0.3) is 0 Å². The molecule has 23 heavy (non-hydrogen) atoms. The molecular weight excluding hydrogens is 286 g/mol. The molecule has 3 nitrogen and oxygen atoms in total. The van der Waals surface area contributed by atoms with Crippen molar-refractivity contribution in [3.05, 3.63) is 59.2 Å². The van der Waals surface area contributed by atoms with Crippen molar-refractivity contribution in [3.8, 4) is 11.5 Å². The monoisotopic (exact) mass is 309 g/mol. The van der Waals surface area contributed by atoms with Crippen molar-refractivity contribution in [1.82, 2.24) is 5.32 Å². The largest absolute Gasteiger partial charge is 0.493 e. The van der Waals surface area contributed by atoms with Crippen molar-refractivity contribution in [2.75, 3.05) is 20.8 Å². The number of methoxy groups -OCH3 is 2. The molecule has 1 aliphatic carbocycles. The van der Waals surface area contributed by atoms with Gasteiger partial charge in [0.2, 0.25) is 0 Å². The summed E-state index contributed by atoms with van der Waals surface area (Å²) in [4.78, 5) is 0. The van der Waals surface area contributed by atoms with Crippen LogP contribution in [0.3, 0.4) is 0 Å². The summed E-state index contributed by atoms with van der Waals surface area (Å²) < 4.78 is 11.1. The van der Waals surface area contributed by atoms with Gasteiger partial charge >= 0.3 is 0 Å². The van der Waals surface area contributed by atoms with Crippen molar-refractivity contribution >= 4 is 0 Å². The molecule has 1 saturated carbocycles. The lowest BCUT2D eigenvalue weighted by molar-refractivity contribution is 0.349. The van der Waals surface area contributed by atoms with E-state index in [-0.39, 0.29) is 0 Å². The van der Waals surface area contributed by atoms with Gasteiger partial charge in [-0.15, -0.1) is 0 Å². The zero-order chi connectivity index (χ0) is 15.9. The maximum absolute atomic E-state index is 5.54. The molecule has 1 fully saturated rings. The van der Waals surface area contributed by atoms with Gasteiger partial charge in [-0.05, 0) is 48.1 Å². The molecular formula is C20H23NO2. The van der Waals surface area contributed by atoms with Crippen LogP contribution >= 0.6 is 0 Å². The number of nitrogens with one attached hydrogen (secondary N) is 1. The maximum Gasteiger partial charge on any atom is 0.161 e. The van der Waals surface area contributed by atoms with E-state index in [4.69, 9.17) is 9.47 Å². The molecule has 0 saturated heterocycles. The van der Waals surface area contributed by atoms with Crippen LogP contribution in [-0.4, -0.2) is 20.8 Å². The fraction of sp³-hybridized carbons (Fsp3) is 0.400. The Morgan fingerprint density at radius 1 is 1.04 bits per heavy atom. The van der Waals surface area contributed by atoms with Gasteiger partial charge in [0.1, 0.15) is 0 Å². The zero-order valence-electron chi connectivity index (χ0n) is 13.8. The van der Waals surface area contributed by atoms with E-state index in [1.807, 2.05) is 0 Å².